The predicted octanol–water partition coefficient (Wildman–Crippen LogP) is 3.59. The van der Waals surface area contributed by atoms with E-state index in [0.717, 1.165) is 52.0 Å². The van der Waals surface area contributed by atoms with Gasteiger partial charge in [-0.3, -0.25) is 4.99 Å². The average Bonchev–Trinajstić information content (AvgIpc) is 2.50. The van der Waals surface area contributed by atoms with Gasteiger partial charge >= 0.3 is 0 Å². The van der Waals surface area contributed by atoms with Crippen LogP contribution in [0.5, 0.6) is 0 Å². The Kier molecular flexibility index (Phi) is 14.2. The molecule has 1 aromatic carbocycles. The van der Waals surface area contributed by atoms with E-state index in [1.54, 1.807) is 0 Å². The van der Waals surface area contributed by atoms with Crippen LogP contribution in [0.15, 0.2) is 35.3 Å². The molecule has 0 unspecified atom stereocenters. The summed E-state index contributed by atoms with van der Waals surface area (Å²) in [5, 5.41) is 3.14. The molecule has 0 saturated carbocycles. The highest BCUT2D eigenvalue weighted by Crippen LogP contribution is 2.00. The number of nitrogens with one attached hydrogen (secondary N) is 1. The Balaban J connectivity index is 0.00000484. The number of nitrogens with zero attached hydrogens (tertiary/aromatic N) is 1. The number of halogens is 1. The molecule has 0 amide bonds. The first kappa shape index (κ1) is 22.2. The van der Waals surface area contributed by atoms with Crippen LogP contribution in [-0.4, -0.2) is 32.3 Å². The van der Waals surface area contributed by atoms with E-state index in [1.165, 1.54) is 5.56 Å². The van der Waals surface area contributed by atoms with Gasteiger partial charge in [0.25, 0.3) is 0 Å². The van der Waals surface area contributed by atoms with Crippen LogP contribution >= 0.6 is 24.0 Å². The molecule has 0 spiro atoms. The van der Waals surface area contributed by atoms with Crippen LogP contribution in [0.2, 0.25) is 0 Å². The molecule has 0 radical (unpaired) electrons. The molecule has 3 N–H and O–H groups in total. The molecule has 0 fully saturated rings. The standard InChI is InChI=1S/C18H31N3O.HI/c1-16(2)10-13-21-18(19)20-12-6-7-14-22-15-11-17-8-4-3-5-9-17;/h3-5,8-9,16H,6-7,10-15H2,1-2H3,(H3,19,20,21);1H. The van der Waals surface area contributed by atoms with Crippen molar-refractivity contribution in [1.29, 1.82) is 0 Å². The van der Waals surface area contributed by atoms with Crippen molar-refractivity contribution >= 4 is 29.9 Å². The highest BCUT2D eigenvalue weighted by Gasteiger charge is 1.96. The van der Waals surface area contributed by atoms with Crippen molar-refractivity contribution in [3.63, 3.8) is 0 Å². The molecular formula is C18H32IN3O. The SMILES string of the molecule is CC(C)CCNC(N)=NCCCCOCCc1ccccc1.I. The van der Waals surface area contributed by atoms with Crippen molar-refractivity contribution in [2.75, 3.05) is 26.3 Å². The van der Waals surface area contributed by atoms with Gasteiger partial charge in [0, 0.05) is 19.7 Å². The van der Waals surface area contributed by atoms with Gasteiger partial charge in [0.2, 0.25) is 0 Å². The van der Waals surface area contributed by atoms with E-state index in [0.29, 0.717) is 11.9 Å². The maximum atomic E-state index is 5.79. The summed E-state index contributed by atoms with van der Waals surface area (Å²) in [4.78, 5) is 4.31. The van der Waals surface area contributed by atoms with Crippen LogP contribution in [0.3, 0.4) is 0 Å². The minimum Gasteiger partial charge on any atom is -0.381 e. The van der Waals surface area contributed by atoms with Crippen molar-refractivity contribution in [2.45, 2.75) is 39.5 Å². The van der Waals surface area contributed by atoms with E-state index < -0.39 is 0 Å². The molecule has 0 aliphatic rings. The summed E-state index contributed by atoms with van der Waals surface area (Å²) in [5.41, 5.74) is 7.12. The summed E-state index contributed by atoms with van der Waals surface area (Å²) in [6, 6.07) is 10.4. The third-order valence-electron chi connectivity index (χ3n) is 3.38. The zero-order valence-corrected chi connectivity index (χ0v) is 16.8. The fourth-order valence-corrected chi connectivity index (χ4v) is 2.00. The molecule has 0 aliphatic carbocycles. The fourth-order valence-electron chi connectivity index (χ4n) is 2.00. The first-order valence-corrected chi connectivity index (χ1v) is 8.34. The van der Waals surface area contributed by atoms with Crippen LogP contribution in [0.25, 0.3) is 0 Å². The molecule has 0 atom stereocenters. The summed E-state index contributed by atoms with van der Waals surface area (Å²) in [6.07, 6.45) is 4.13. The van der Waals surface area contributed by atoms with Gasteiger partial charge in [-0.25, -0.2) is 0 Å². The quantitative estimate of drug-likeness (QED) is 0.243. The predicted molar refractivity (Wildman–Crippen MR) is 110 cm³/mol. The van der Waals surface area contributed by atoms with Gasteiger partial charge in [0.05, 0.1) is 6.61 Å². The summed E-state index contributed by atoms with van der Waals surface area (Å²) >= 11 is 0. The van der Waals surface area contributed by atoms with Crippen LogP contribution in [0.1, 0.15) is 38.7 Å². The van der Waals surface area contributed by atoms with E-state index in [9.17, 15) is 0 Å². The molecule has 0 bridgehead atoms. The number of benzene rings is 1. The lowest BCUT2D eigenvalue weighted by atomic mass is 10.1. The zero-order valence-electron chi connectivity index (χ0n) is 14.5. The number of rotatable bonds is 11. The second kappa shape index (κ2) is 14.8. The van der Waals surface area contributed by atoms with Crippen molar-refractivity contribution in [3.05, 3.63) is 35.9 Å². The number of nitrogens with two attached hydrogens (primary N) is 1. The van der Waals surface area contributed by atoms with Crippen LogP contribution < -0.4 is 11.1 Å². The van der Waals surface area contributed by atoms with Crippen LogP contribution in [0.4, 0.5) is 0 Å². The molecule has 0 heterocycles. The molecule has 0 aromatic heterocycles. The molecular weight excluding hydrogens is 401 g/mol. The van der Waals surface area contributed by atoms with E-state index in [1.807, 2.05) is 6.07 Å². The summed E-state index contributed by atoms with van der Waals surface area (Å²) in [5.74, 6) is 1.25. The smallest absolute Gasteiger partial charge is 0.188 e. The van der Waals surface area contributed by atoms with Crippen molar-refractivity contribution in [1.82, 2.24) is 5.32 Å². The highest BCUT2D eigenvalue weighted by atomic mass is 127. The topological polar surface area (TPSA) is 59.6 Å². The average molecular weight is 433 g/mol. The second-order valence-electron chi connectivity index (χ2n) is 5.93. The number of unbranched alkanes of at least 4 members (excludes halogenated alkanes) is 1. The zero-order chi connectivity index (χ0) is 16.0. The van der Waals surface area contributed by atoms with Gasteiger partial charge in [0.15, 0.2) is 5.96 Å². The first-order valence-electron chi connectivity index (χ1n) is 8.34. The monoisotopic (exact) mass is 433 g/mol. The lowest BCUT2D eigenvalue weighted by Gasteiger charge is -2.07. The number of guanidine groups is 1. The van der Waals surface area contributed by atoms with Crippen molar-refractivity contribution < 1.29 is 4.74 Å². The van der Waals surface area contributed by atoms with Gasteiger partial charge in [-0.05, 0) is 37.2 Å². The van der Waals surface area contributed by atoms with Crippen molar-refractivity contribution in [2.24, 2.45) is 16.6 Å². The number of ether oxygens (including phenoxy) is 1. The lowest BCUT2D eigenvalue weighted by molar-refractivity contribution is 0.134. The molecule has 4 nitrogen and oxygen atoms in total. The Hall–Kier alpha value is -0.820. The van der Waals surface area contributed by atoms with Crippen molar-refractivity contribution in [3.8, 4) is 0 Å². The first-order chi connectivity index (χ1) is 10.7. The third-order valence-corrected chi connectivity index (χ3v) is 3.38. The van der Waals surface area contributed by atoms with E-state index in [-0.39, 0.29) is 24.0 Å². The Morgan fingerprint density at radius 3 is 2.61 bits per heavy atom. The third kappa shape index (κ3) is 13.3. The second-order valence-corrected chi connectivity index (χ2v) is 5.93. The molecule has 23 heavy (non-hydrogen) atoms. The van der Waals surface area contributed by atoms with Gasteiger partial charge in [-0.2, -0.15) is 0 Å². The van der Waals surface area contributed by atoms with Gasteiger partial charge < -0.3 is 15.8 Å². The highest BCUT2D eigenvalue weighted by molar-refractivity contribution is 14.0. The Bertz CT molecular complexity index is 410. The minimum absolute atomic E-state index is 0. The molecule has 0 saturated heterocycles. The molecule has 1 rings (SSSR count). The Morgan fingerprint density at radius 1 is 1.17 bits per heavy atom. The van der Waals surface area contributed by atoms with Gasteiger partial charge in [-0.15, -0.1) is 24.0 Å². The minimum atomic E-state index is 0. The van der Waals surface area contributed by atoms with Crippen LogP contribution in [-0.2, 0) is 11.2 Å². The summed E-state index contributed by atoms with van der Waals surface area (Å²) < 4.78 is 5.64. The van der Waals surface area contributed by atoms with Gasteiger partial charge in [0.1, 0.15) is 0 Å². The molecule has 5 heteroatoms. The number of hydrogen-bond acceptors (Lipinski definition) is 2. The van der Waals surface area contributed by atoms with E-state index >= 15 is 0 Å². The van der Waals surface area contributed by atoms with E-state index in [2.05, 4.69) is 48.4 Å². The molecule has 132 valence electrons. The summed E-state index contributed by atoms with van der Waals surface area (Å²) in [6.45, 7) is 7.65. The maximum Gasteiger partial charge on any atom is 0.188 e. The number of hydrogen-bond donors (Lipinski definition) is 2. The number of aliphatic imine (C=N–C) groups is 1. The van der Waals surface area contributed by atoms with E-state index in [4.69, 9.17) is 10.5 Å². The maximum absolute atomic E-state index is 5.79. The van der Waals surface area contributed by atoms with Gasteiger partial charge in [-0.1, -0.05) is 44.2 Å². The normalized spacial score (nSPS) is 11.3. The fraction of sp³-hybridized carbons (Fsp3) is 0.611. The Morgan fingerprint density at radius 2 is 1.91 bits per heavy atom. The largest absolute Gasteiger partial charge is 0.381 e. The molecule has 1 aromatic rings. The lowest BCUT2D eigenvalue weighted by Crippen LogP contribution is -2.33. The Labute approximate surface area is 158 Å². The van der Waals surface area contributed by atoms with Crippen LogP contribution in [0, 0.1) is 5.92 Å². The summed E-state index contributed by atoms with van der Waals surface area (Å²) in [7, 11) is 0. The molecule has 0 aliphatic heterocycles.